The summed E-state index contributed by atoms with van der Waals surface area (Å²) in [6.45, 7) is 2.77. The lowest BCUT2D eigenvalue weighted by Gasteiger charge is -2.00. The monoisotopic (exact) mass is 217 g/mol. The topological polar surface area (TPSA) is 54.9 Å². The van der Waals surface area contributed by atoms with Crippen LogP contribution in [0.25, 0.3) is 0 Å². The second kappa shape index (κ2) is 5.93. The van der Waals surface area contributed by atoms with Gasteiger partial charge in [-0.25, -0.2) is 0 Å². The number of thioether (sulfide) groups is 1. The molecule has 1 rings (SSSR count). The van der Waals surface area contributed by atoms with Crippen LogP contribution in [0.2, 0.25) is 0 Å². The molecule has 72 valence electrons. The van der Waals surface area contributed by atoms with Gasteiger partial charge in [0.2, 0.25) is 5.91 Å². The minimum atomic E-state index is 0.0575. The summed E-state index contributed by atoms with van der Waals surface area (Å²) in [4.78, 5) is 11.1. The summed E-state index contributed by atoms with van der Waals surface area (Å²) in [6.07, 6.45) is 0.967. The van der Waals surface area contributed by atoms with Gasteiger partial charge in [-0.15, -0.1) is 10.2 Å². The molecule has 0 aromatic carbocycles. The van der Waals surface area contributed by atoms with Gasteiger partial charge in [-0.2, -0.15) is 0 Å². The van der Waals surface area contributed by atoms with E-state index in [9.17, 15) is 4.79 Å². The highest BCUT2D eigenvalue weighted by Gasteiger charge is 2.03. The molecular weight excluding hydrogens is 206 g/mol. The summed E-state index contributed by atoms with van der Waals surface area (Å²) in [7, 11) is 0. The quantitative estimate of drug-likeness (QED) is 0.752. The second-order valence-electron chi connectivity index (χ2n) is 2.34. The van der Waals surface area contributed by atoms with Crippen LogP contribution in [-0.4, -0.2) is 28.4 Å². The Morgan fingerprint density at radius 3 is 3.23 bits per heavy atom. The highest BCUT2D eigenvalue weighted by molar-refractivity contribution is 8.01. The van der Waals surface area contributed by atoms with E-state index in [2.05, 4.69) is 15.5 Å². The van der Waals surface area contributed by atoms with Crippen LogP contribution in [0.4, 0.5) is 0 Å². The van der Waals surface area contributed by atoms with Gasteiger partial charge in [0.15, 0.2) is 4.34 Å². The number of hydrogen-bond donors (Lipinski definition) is 1. The maximum Gasteiger partial charge on any atom is 0.230 e. The third-order valence-electron chi connectivity index (χ3n) is 1.24. The van der Waals surface area contributed by atoms with Gasteiger partial charge >= 0.3 is 0 Å². The average Bonchev–Trinajstić information content (AvgIpc) is 2.64. The van der Waals surface area contributed by atoms with E-state index in [1.165, 1.54) is 23.1 Å². The van der Waals surface area contributed by atoms with Crippen molar-refractivity contribution in [2.75, 3.05) is 12.3 Å². The van der Waals surface area contributed by atoms with Gasteiger partial charge in [0.25, 0.3) is 0 Å². The van der Waals surface area contributed by atoms with Crippen molar-refractivity contribution in [3.8, 4) is 0 Å². The maximum absolute atomic E-state index is 11.1. The predicted molar refractivity (Wildman–Crippen MR) is 53.9 cm³/mol. The molecule has 1 amide bonds. The minimum absolute atomic E-state index is 0.0575. The van der Waals surface area contributed by atoms with E-state index in [0.29, 0.717) is 5.75 Å². The van der Waals surface area contributed by atoms with E-state index in [1.807, 2.05) is 6.92 Å². The lowest BCUT2D eigenvalue weighted by atomic mass is 10.5. The Hall–Kier alpha value is -0.620. The van der Waals surface area contributed by atoms with Crippen molar-refractivity contribution in [1.82, 2.24) is 15.5 Å². The molecule has 0 aliphatic heterocycles. The molecule has 0 radical (unpaired) electrons. The van der Waals surface area contributed by atoms with Crippen molar-refractivity contribution in [2.45, 2.75) is 17.7 Å². The number of rotatable bonds is 5. The van der Waals surface area contributed by atoms with E-state index in [4.69, 9.17) is 0 Å². The van der Waals surface area contributed by atoms with Crippen LogP contribution in [0.1, 0.15) is 13.3 Å². The molecule has 0 fully saturated rings. The van der Waals surface area contributed by atoms with Crippen molar-refractivity contribution in [3.63, 3.8) is 0 Å². The first-order chi connectivity index (χ1) is 6.33. The molecular formula is C7H11N3OS2. The Bertz CT molecular complexity index is 250. The second-order valence-corrected chi connectivity index (χ2v) is 4.40. The lowest BCUT2D eigenvalue weighted by molar-refractivity contribution is -0.118. The lowest BCUT2D eigenvalue weighted by Crippen LogP contribution is -2.25. The maximum atomic E-state index is 11.1. The Morgan fingerprint density at radius 2 is 2.62 bits per heavy atom. The summed E-state index contributed by atoms with van der Waals surface area (Å²) in [5.74, 6) is 0.483. The van der Waals surface area contributed by atoms with Crippen LogP contribution in [0.3, 0.4) is 0 Å². The number of hydrogen-bond acceptors (Lipinski definition) is 5. The molecule has 13 heavy (non-hydrogen) atoms. The summed E-state index contributed by atoms with van der Waals surface area (Å²) in [5.41, 5.74) is 1.66. The van der Waals surface area contributed by atoms with Crippen molar-refractivity contribution in [3.05, 3.63) is 5.51 Å². The molecule has 1 N–H and O–H groups in total. The number of nitrogens with zero attached hydrogens (tertiary/aromatic N) is 2. The number of carbonyl (C=O) groups excluding carboxylic acids is 1. The summed E-state index contributed by atoms with van der Waals surface area (Å²) >= 11 is 2.87. The fourth-order valence-electron chi connectivity index (χ4n) is 0.669. The Morgan fingerprint density at radius 1 is 1.77 bits per heavy atom. The van der Waals surface area contributed by atoms with E-state index < -0.39 is 0 Å². The van der Waals surface area contributed by atoms with Crippen LogP contribution in [0, 0.1) is 0 Å². The van der Waals surface area contributed by atoms with E-state index >= 15 is 0 Å². The molecule has 1 heterocycles. The van der Waals surface area contributed by atoms with Crippen LogP contribution >= 0.6 is 23.1 Å². The van der Waals surface area contributed by atoms with Gasteiger partial charge in [0, 0.05) is 6.54 Å². The van der Waals surface area contributed by atoms with Crippen molar-refractivity contribution in [2.24, 2.45) is 0 Å². The fourth-order valence-corrected chi connectivity index (χ4v) is 1.99. The molecule has 0 spiro atoms. The van der Waals surface area contributed by atoms with Gasteiger partial charge in [-0.1, -0.05) is 30.0 Å². The molecule has 0 saturated heterocycles. The third kappa shape index (κ3) is 4.23. The number of nitrogens with one attached hydrogen (secondary N) is 1. The first-order valence-electron chi connectivity index (χ1n) is 3.98. The first-order valence-corrected chi connectivity index (χ1v) is 5.85. The Balaban J connectivity index is 2.15. The molecule has 0 bridgehead atoms. The first kappa shape index (κ1) is 10.5. The van der Waals surface area contributed by atoms with Gasteiger partial charge in [0.05, 0.1) is 5.75 Å². The van der Waals surface area contributed by atoms with E-state index in [-0.39, 0.29) is 5.91 Å². The van der Waals surface area contributed by atoms with Gasteiger partial charge in [0.1, 0.15) is 5.51 Å². The molecule has 4 nitrogen and oxygen atoms in total. The molecule has 6 heteroatoms. The molecule has 0 atom stereocenters. The molecule has 0 aliphatic carbocycles. The van der Waals surface area contributed by atoms with Gasteiger partial charge in [-0.05, 0) is 6.42 Å². The fraction of sp³-hybridized carbons (Fsp3) is 0.571. The summed E-state index contributed by atoms with van der Waals surface area (Å²) in [5, 5.41) is 10.3. The molecule has 0 aliphatic rings. The molecule has 0 saturated carbocycles. The standard InChI is InChI=1S/C7H11N3OS2/c1-2-3-8-6(11)4-12-7-10-9-5-13-7/h5H,2-4H2,1H3,(H,8,11). The van der Waals surface area contributed by atoms with E-state index in [0.717, 1.165) is 17.3 Å². The molecule has 0 unspecified atom stereocenters. The summed E-state index contributed by atoms with van der Waals surface area (Å²) in [6, 6.07) is 0. The van der Waals surface area contributed by atoms with Crippen molar-refractivity contribution in [1.29, 1.82) is 0 Å². The van der Waals surface area contributed by atoms with Crippen LogP contribution in [0.5, 0.6) is 0 Å². The van der Waals surface area contributed by atoms with Crippen LogP contribution < -0.4 is 5.32 Å². The Kier molecular flexibility index (Phi) is 4.77. The number of aromatic nitrogens is 2. The normalized spacial score (nSPS) is 9.92. The average molecular weight is 217 g/mol. The van der Waals surface area contributed by atoms with Crippen molar-refractivity contribution >= 4 is 29.0 Å². The number of amides is 1. The highest BCUT2D eigenvalue weighted by Crippen LogP contribution is 2.17. The zero-order chi connectivity index (χ0) is 9.52. The number of carbonyl (C=O) groups is 1. The van der Waals surface area contributed by atoms with Crippen LogP contribution in [0.15, 0.2) is 9.85 Å². The molecule has 1 aromatic rings. The van der Waals surface area contributed by atoms with Crippen molar-refractivity contribution < 1.29 is 4.79 Å². The largest absolute Gasteiger partial charge is 0.355 e. The zero-order valence-electron chi connectivity index (χ0n) is 7.32. The van der Waals surface area contributed by atoms with Crippen LogP contribution in [-0.2, 0) is 4.79 Å². The summed E-state index contributed by atoms with van der Waals surface area (Å²) < 4.78 is 0.839. The minimum Gasteiger partial charge on any atom is -0.355 e. The van der Waals surface area contributed by atoms with Gasteiger partial charge in [-0.3, -0.25) is 4.79 Å². The highest BCUT2D eigenvalue weighted by atomic mass is 32.2. The SMILES string of the molecule is CCCNC(=O)CSc1nncs1. The Labute approximate surface area is 85.1 Å². The predicted octanol–water partition coefficient (Wildman–Crippen LogP) is 1.16. The zero-order valence-corrected chi connectivity index (χ0v) is 8.95. The van der Waals surface area contributed by atoms with E-state index in [1.54, 1.807) is 5.51 Å². The molecule has 1 aromatic heterocycles. The van der Waals surface area contributed by atoms with Gasteiger partial charge < -0.3 is 5.32 Å². The third-order valence-corrected chi connectivity index (χ3v) is 3.10. The smallest absolute Gasteiger partial charge is 0.230 e.